The average Bonchev–Trinajstić information content (AvgIpc) is 1.87. The summed E-state index contributed by atoms with van der Waals surface area (Å²) < 4.78 is 0.176. The molecule has 0 saturated carbocycles. The molecule has 5 heteroatoms. The van der Waals surface area contributed by atoms with E-state index in [1.54, 1.807) is 23.5 Å². The molecule has 3 N–H and O–H groups in total. The summed E-state index contributed by atoms with van der Waals surface area (Å²) in [4.78, 5) is 0. The number of nitrogens with two attached hydrogens (primary N) is 1. The first kappa shape index (κ1) is 14.0. The van der Waals surface area contributed by atoms with Gasteiger partial charge in [0.25, 0.3) is 0 Å². The van der Waals surface area contributed by atoms with E-state index in [0.717, 1.165) is 11.5 Å². The standard InChI is InChI=1S/C6H14N2S2.ClH/c1-3-9-6(5(7)8)10-4-2;/h6H,3-4H2,1-2H3,(H3,7,8);1H. The lowest BCUT2D eigenvalue weighted by molar-refractivity contribution is 1.38. The Kier molecular flexibility index (Phi) is 10.9. The summed E-state index contributed by atoms with van der Waals surface area (Å²) in [7, 11) is 0. The largest absolute Gasteiger partial charge is 0.386 e. The van der Waals surface area contributed by atoms with Gasteiger partial charge in [-0.25, -0.2) is 0 Å². The Balaban J connectivity index is 0. The van der Waals surface area contributed by atoms with Crippen LogP contribution < -0.4 is 5.73 Å². The third-order valence-corrected chi connectivity index (χ3v) is 3.49. The highest BCUT2D eigenvalue weighted by molar-refractivity contribution is 8.18. The van der Waals surface area contributed by atoms with Crippen molar-refractivity contribution in [2.24, 2.45) is 5.73 Å². The molecule has 68 valence electrons. The second kappa shape index (κ2) is 8.56. The quantitative estimate of drug-likeness (QED) is 0.419. The molecule has 0 rings (SSSR count). The molecule has 0 spiro atoms. The van der Waals surface area contributed by atoms with Gasteiger partial charge in [-0.2, -0.15) is 0 Å². The van der Waals surface area contributed by atoms with Crippen LogP contribution in [0.2, 0.25) is 0 Å². The van der Waals surface area contributed by atoms with Crippen LogP contribution in [0, 0.1) is 5.41 Å². The van der Waals surface area contributed by atoms with E-state index in [4.69, 9.17) is 11.1 Å². The lowest BCUT2D eigenvalue weighted by Crippen LogP contribution is -2.22. The van der Waals surface area contributed by atoms with Gasteiger partial charge in [-0.3, -0.25) is 5.41 Å². The van der Waals surface area contributed by atoms with E-state index in [-0.39, 0.29) is 17.0 Å². The molecule has 2 nitrogen and oxygen atoms in total. The molecule has 0 heterocycles. The summed E-state index contributed by atoms with van der Waals surface area (Å²) >= 11 is 3.44. The van der Waals surface area contributed by atoms with Gasteiger partial charge in [0.1, 0.15) is 10.4 Å². The van der Waals surface area contributed by atoms with Crippen molar-refractivity contribution < 1.29 is 0 Å². The maximum atomic E-state index is 7.19. The Hall–Kier alpha value is 0.460. The summed E-state index contributed by atoms with van der Waals surface area (Å²) in [6.45, 7) is 4.16. The van der Waals surface area contributed by atoms with Gasteiger partial charge in [0.15, 0.2) is 0 Å². The van der Waals surface area contributed by atoms with E-state index in [2.05, 4.69) is 13.8 Å². The molecule has 0 aromatic rings. The van der Waals surface area contributed by atoms with Gasteiger partial charge < -0.3 is 5.73 Å². The van der Waals surface area contributed by atoms with Gasteiger partial charge in [-0.1, -0.05) is 13.8 Å². The highest BCUT2D eigenvalue weighted by Crippen LogP contribution is 2.22. The molecule has 0 bridgehead atoms. The van der Waals surface area contributed by atoms with Crippen molar-refractivity contribution in [2.45, 2.75) is 18.4 Å². The zero-order valence-corrected chi connectivity index (χ0v) is 9.24. The first-order chi connectivity index (χ1) is 4.72. The predicted octanol–water partition coefficient (Wildman–Crippen LogP) is 2.18. The van der Waals surface area contributed by atoms with E-state index in [1.165, 1.54) is 0 Å². The zero-order chi connectivity index (χ0) is 7.98. The Morgan fingerprint density at radius 1 is 1.36 bits per heavy atom. The smallest absolute Gasteiger partial charge is 0.114 e. The van der Waals surface area contributed by atoms with Gasteiger partial charge >= 0.3 is 0 Å². The van der Waals surface area contributed by atoms with Crippen molar-refractivity contribution >= 4 is 41.8 Å². The highest BCUT2D eigenvalue weighted by atomic mass is 35.5. The summed E-state index contributed by atoms with van der Waals surface area (Å²) in [5.41, 5.74) is 5.35. The zero-order valence-electron chi connectivity index (χ0n) is 6.79. The maximum absolute atomic E-state index is 7.19. The Morgan fingerprint density at radius 3 is 1.91 bits per heavy atom. The van der Waals surface area contributed by atoms with Crippen LogP contribution in [0.1, 0.15) is 13.8 Å². The second-order valence-electron chi connectivity index (χ2n) is 1.70. The fourth-order valence-electron chi connectivity index (χ4n) is 0.530. The minimum absolute atomic E-state index is 0. The van der Waals surface area contributed by atoms with E-state index in [0.29, 0.717) is 5.84 Å². The molecule has 0 aliphatic rings. The monoisotopic (exact) mass is 214 g/mol. The minimum Gasteiger partial charge on any atom is -0.386 e. The fourth-order valence-corrected chi connectivity index (χ4v) is 2.70. The average molecular weight is 215 g/mol. The lowest BCUT2D eigenvalue weighted by Gasteiger charge is -2.11. The number of rotatable bonds is 5. The number of nitrogens with one attached hydrogen (secondary N) is 1. The van der Waals surface area contributed by atoms with Crippen molar-refractivity contribution in [3.8, 4) is 0 Å². The number of thioether (sulfide) groups is 2. The molecular weight excluding hydrogens is 200 g/mol. The van der Waals surface area contributed by atoms with Crippen LogP contribution in [-0.4, -0.2) is 21.9 Å². The Bertz CT molecular complexity index is 105. The molecule has 11 heavy (non-hydrogen) atoms. The molecule has 0 aromatic heterocycles. The van der Waals surface area contributed by atoms with Gasteiger partial charge in [-0.15, -0.1) is 35.9 Å². The maximum Gasteiger partial charge on any atom is 0.114 e. The topological polar surface area (TPSA) is 49.9 Å². The van der Waals surface area contributed by atoms with Gasteiger partial charge in [0.05, 0.1) is 0 Å². The second-order valence-corrected chi connectivity index (χ2v) is 4.76. The van der Waals surface area contributed by atoms with Crippen molar-refractivity contribution in [2.75, 3.05) is 11.5 Å². The summed E-state index contributed by atoms with van der Waals surface area (Å²) in [5, 5.41) is 7.19. The summed E-state index contributed by atoms with van der Waals surface area (Å²) in [6.07, 6.45) is 0. The normalized spacial score (nSPS) is 9.36. The number of hydrogen-bond donors (Lipinski definition) is 2. The predicted molar refractivity (Wildman–Crippen MR) is 59.2 cm³/mol. The molecule has 0 atom stereocenters. The third kappa shape index (κ3) is 6.84. The molecule has 0 saturated heterocycles. The minimum atomic E-state index is 0. The van der Waals surface area contributed by atoms with Crippen LogP contribution in [-0.2, 0) is 0 Å². The van der Waals surface area contributed by atoms with Crippen LogP contribution in [0.25, 0.3) is 0 Å². The van der Waals surface area contributed by atoms with Crippen LogP contribution >= 0.6 is 35.9 Å². The van der Waals surface area contributed by atoms with E-state index >= 15 is 0 Å². The van der Waals surface area contributed by atoms with Gasteiger partial charge in [0.2, 0.25) is 0 Å². The van der Waals surface area contributed by atoms with Crippen LogP contribution in [0.5, 0.6) is 0 Å². The first-order valence-electron chi connectivity index (χ1n) is 3.29. The van der Waals surface area contributed by atoms with Crippen LogP contribution in [0.15, 0.2) is 0 Å². The Labute approximate surface area is 83.0 Å². The van der Waals surface area contributed by atoms with Gasteiger partial charge in [-0.05, 0) is 11.5 Å². The third-order valence-electron chi connectivity index (χ3n) is 0.890. The number of amidine groups is 1. The molecule has 0 amide bonds. The SMILES string of the molecule is CCSC(SCC)C(=N)N.Cl. The number of hydrogen-bond acceptors (Lipinski definition) is 3. The van der Waals surface area contributed by atoms with Crippen molar-refractivity contribution in [1.29, 1.82) is 5.41 Å². The molecule has 0 aliphatic heterocycles. The number of halogens is 1. The Morgan fingerprint density at radius 2 is 1.73 bits per heavy atom. The summed E-state index contributed by atoms with van der Waals surface area (Å²) in [5.74, 6) is 2.34. The highest BCUT2D eigenvalue weighted by Gasteiger charge is 2.09. The van der Waals surface area contributed by atoms with Crippen molar-refractivity contribution in [3.63, 3.8) is 0 Å². The first-order valence-corrected chi connectivity index (χ1v) is 5.39. The van der Waals surface area contributed by atoms with Gasteiger partial charge in [0, 0.05) is 0 Å². The van der Waals surface area contributed by atoms with Crippen molar-refractivity contribution in [3.05, 3.63) is 0 Å². The van der Waals surface area contributed by atoms with Crippen LogP contribution in [0.3, 0.4) is 0 Å². The van der Waals surface area contributed by atoms with Crippen LogP contribution in [0.4, 0.5) is 0 Å². The molecule has 0 fully saturated rings. The molecular formula is C6H15ClN2S2. The molecule has 0 aromatic carbocycles. The molecule has 0 aliphatic carbocycles. The van der Waals surface area contributed by atoms with E-state index in [9.17, 15) is 0 Å². The van der Waals surface area contributed by atoms with Crippen molar-refractivity contribution in [1.82, 2.24) is 0 Å². The molecule has 0 radical (unpaired) electrons. The molecule has 0 unspecified atom stereocenters. The fraction of sp³-hybridized carbons (Fsp3) is 0.833. The van der Waals surface area contributed by atoms with E-state index < -0.39 is 0 Å². The van der Waals surface area contributed by atoms with E-state index in [1.807, 2.05) is 0 Å². The lowest BCUT2D eigenvalue weighted by atomic mass is 10.7. The summed E-state index contributed by atoms with van der Waals surface area (Å²) in [6, 6.07) is 0.